The first-order chi connectivity index (χ1) is 9.10. The molecule has 1 aromatic carbocycles. The lowest BCUT2D eigenvalue weighted by Crippen LogP contribution is -2.19. The van der Waals surface area contributed by atoms with E-state index < -0.39 is 0 Å². The molecule has 3 nitrogen and oxygen atoms in total. The summed E-state index contributed by atoms with van der Waals surface area (Å²) in [5.41, 5.74) is 4.01. The average molecular weight is 293 g/mol. The Kier molecular flexibility index (Phi) is 4.96. The smallest absolute Gasteiger partial charge is 0.174 e. The van der Waals surface area contributed by atoms with E-state index in [1.54, 1.807) is 23.1 Å². The lowest BCUT2D eigenvalue weighted by Gasteiger charge is -2.18. The van der Waals surface area contributed by atoms with Crippen LogP contribution < -0.4 is 5.32 Å². The first kappa shape index (κ1) is 14.5. The van der Waals surface area contributed by atoms with Crippen molar-refractivity contribution in [2.24, 2.45) is 0 Å². The number of rotatable bonds is 5. The molecule has 0 radical (unpaired) electrons. The van der Waals surface area contributed by atoms with E-state index in [4.69, 9.17) is 0 Å². The molecule has 0 aliphatic rings. The molecule has 1 aromatic heterocycles. The van der Waals surface area contributed by atoms with Crippen molar-refractivity contribution in [3.8, 4) is 0 Å². The maximum atomic E-state index is 4.16. The van der Waals surface area contributed by atoms with Crippen molar-refractivity contribution in [1.29, 1.82) is 0 Å². The number of nitrogens with zero attached hydrogens (tertiary/aromatic N) is 2. The van der Waals surface area contributed by atoms with Gasteiger partial charge in [0.1, 0.15) is 5.01 Å². The molecule has 1 unspecified atom stereocenters. The van der Waals surface area contributed by atoms with Gasteiger partial charge in [0, 0.05) is 11.8 Å². The molecule has 19 heavy (non-hydrogen) atoms. The van der Waals surface area contributed by atoms with E-state index in [1.165, 1.54) is 16.7 Å². The Morgan fingerprint density at radius 2 is 2.05 bits per heavy atom. The van der Waals surface area contributed by atoms with E-state index in [9.17, 15) is 0 Å². The van der Waals surface area contributed by atoms with Crippen LogP contribution in [-0.2, 0) is 0 Å². The minimum Gasteiger partial charge on any atom is -0.312 e. The Balaban J connectivity index is 2.09. The first-order valence-corrected chi connectivity index (χ1v) is 8.07. The van der Waals surface area contributed by atoms with E-state index in [1.807, 2.05) is 14.0 Å². The molecule has 0 saturated carbocycles. The highest BCUT2D eigenvalue weighted by Gasteiger charge is 2.13. The van der Waals surface area contributed by atoms with Crippen molar-refractivity contribution in [1.82, 2.24) is 15.5 Å². The summed E-state index contributed by atoms with van der Waals surface area (Å²) in [4.78, 5) is 0. The molecular weight excluding hydrogens is 274 g/mol. The van der Waals surface area contributed by atoms with Crippen molar-refractivity contribution in [2.75, 3.05) is 12.8 Å². The molecule has 1 N–H and O–H groups in total. The number of aromatic nitrogens is 2. The van der Waals surface area contributed by atoms with Crippen LogP contribution in [0.4, 0.5) is 0 Å². The SMILES string of the molecule is CNC(CSc1nnc(C)s1)c1cc(C)ccc1C. The van der Waals surface area contributed by atoms with E-state index in [2.05, 4.69) is 47.6 Å². The molecule has 0 fully saturated rings. The molecular formula is C14H19N3S2. The Labute approximate surface area is 122 Å². The molecule has 0 saturated heterocycles. The third kappa shape index (κ3) is 3.78. The van der Waals surface area contributed by atoms with Crippen LogP contribution >= 0.6 is 23.1 Å². The standard InChI is InChI=1S/C14H19N3S2/c1-9-5-6-10(2)12(7-9)13(15-4)8-18-14-17-16-11(3)19-14/h5-7,13,15H,8H2,1-4H3. The van der Waals surface area contributed by atoms with E-state index in [0.717, 1.165) is 15.1 Å². The van der Waals surface area contributed by atoms with Crippen molar-refractivity contribution in [2.45, 2.75) is 31.2 Å². The Morgan fingerprint density at radius 3 is 2.68 bits per heavy atom. The van der Waals surface area contributed by atoms with Gasteiger partial charge >= 0.3 is 0 Å². The highest BCUT2D eigenvalue weighted by molar-refractivity contribution is 8.01. The second-order valence-corrected chi connectivity index (χ2v) is 7.05. The van der Waals surface area contributed by atoms with Gasteiger partial charge in [-0.05, 0) is 38.9 Å². The summed E-state index contributed by atoms with van der Waals surface area (Å²) < 4.78 is 1.04. The molecule has 2 rings (SSSR count). The van der Waals surface area contributed by atoms with Gasteiger partial charge < -0.3 is 5.32 Å². The molecule has 102 valence electrons. The fourth-order valence-corrected chi connectivity index (χ4v) is 3.93. The zero-order valence-corrected chi connectivity index (χ0v) is 13.4. The normalized spacial score (nSPS) is 12.6. The van der Waals surface area contributed by atoms with Crippen LogP contribution in [0.3, 0.4) is 0 Å². The summed E-state index contributed by atoms with van der Waals surface area (Å²) in [5.74, 6) is 0.968. The van der Waals surface area contributed by atoms with Crippen molar-refractivity contribution in [3.05, 3.63) is 39.9 Å². The average Bonchev–Trinajstić information content (AvgIpc) is 2.80. The van der Waals surface area contributed by atoms with Crippen molar-refractivity contribution < 1.29 is 0 Å². The molecule has 2 aromatic rings. The van der Waals surface area contributed by atoms with Gasteiger partial charge in [0.2, 0.25) is 0 Å². The van der Waals surface area contributed by atoms with E-state index in [-0.39, 0.29) is 0 Å². The van der Waals surface area contributed by atoms with E-state index >= 15 is 0 Å². The van der Waals surface area contributed by atoms with Gasteiger partial charge in [-0.1, -0.05) is 46.9 Å². The van der Waals surface area contributed by atoms with Gasteiger partial charge in [0.25, 0.3) is 0 Å². The summed E-state index contributed by atoms with van der Waals surface area (Å²) in [5, 5.41) is 12.6. The Hall–Kier alpha value is -0.910. The number of nitrogens with one attached hydrogen (secondary N) is 1. The highest BCUT2D eigenvalue weighted by Crippen LogP contribution is 2.28. The summed E-state index contributed by atoms with van der Waals surface area (Å²) in [6, 6.07) is 6.96. The Bertz CT molecular complexity index is 551. The minimum absolute atomic E-state index is 0.342. The molecule has 1 heterocycles. The Morgan fingerprint density at radius 1 is 1.26 bits per heavy atom. The fraction of sp³-hybridized carbons (Fsp3) is 0.429. The van der Waals surface area contributed by atoms with Crippen LogP contribution in [0.2, 0.25) is 0 Å². The second kappa shape index (κ2) is 6.50. The van der Waals surface area contributed by atoms with Gasteiger partial charge in [0.15, 0.2) is 4.34 Å². The van der Waals surface area contributed by atoms with Gasteiger partial charge in [0.05, 0.1) is 0 Å². The maximum absolute atomic E-state index is 4.16. The maximum Gasteiger partial charge on any atom is 0.174 e. The topological polar surface area (TPSA) is 37.8 Å². The number of hydrogen-bond donors (Lipinski definition) is 1. The van der Waals surface area contributed by atoms with Crippen LogP contribution in [-0.4, -0.2) is 23.0 Å². The molecule has 5 heteroatoms. The van der Waals surface area contributed by atoms with Gasteiger partial charge in [-0.15, -0.1) is 10.2 Å². The van der Waals surface area contributed by atoms with E-state index in [0.29, 0.717) is 6.04 Å². The lowest BCUT2D eigenvalue weighted by molar-refractivity contribution is 0.657. The van der Waals surface area contributed by atoms with Gasteiger partial charge in [-0.25, -0.2) is 0 Å². The number of hydrogen-bond acceptors (Lipinski definition) is 5. The quantitative estimate of drug-likeness (QED) is 0.856. The molecule has 0 amide bonds. The number of benzene rings is 1. The largest absolute Gasteiger partial charge is 0.312 e. The second-order valence-electron chi connectivity index (χ2n) is 4.60. The third-order valence-corrected chi connectivity index (χ3v) is 5.11. The van der Waals surface area contributed by atoms with Gasteiger partial charge in [-0.3, -0.25) is 0 Å². The van der Waals surface area contributed by atoms with Crippen LogP contribution in [0.15, 0.2) is 22.5 Å². The molecule has 1 atom stereocenters. The van der Waals surface area contributed by atoms with Crippen LogP contribution in [0, 0.1) is 20.8 Å². The zero-order chi connectivity index (χ0) is 13.8. The number of aryl methyl sites for hydroxylation is 3. The fourth-order valence-electron chi connectivity index (χ4n) is 1.96. The molecule has 0 aliphatic heterocycles. The van der Waals surface area contributed by atoms with Crippen LogP contribution in [0.5, 0.6) is 0 Å². The predicted octanol–water partition coefficient (Wildman–Crippen LogP) is 3.52. The lowest BCUT2D eigenvalue weighted by atomic mass is 10.0. The van der Waals surface area contributed by atoms with Crippen LogP contribution in [0.1, 0.15) is 27.7 Å². The van der Waals surface area contributed by atoms with Gasteiger partial charge in [-0.2, -0.15) is 0 Å². The molecule has 0 aliphatic carbocycles. The highest BCUT2D eigenvalue weighted by atomic mass is 32.2. The summed E-state index contributed by atoms with van der Waals surface area (Å²) >= 11 is 3.42. The third-order valence-electron chi connectivity index (χ3n) is 3.04. The summed E-state index contributed by atoms with van der Waals surface area (Å²) in [6.45, 7) is 6.29. The zero-order valence-electron chi connectivity index (χ0n) is 11.7. The predicted molar refractivity (Wildman–Crippen MR) is 83.1 cm³/mol. The molecule has 0 spiro atoms. The van der Waals surface area contributed by atoms with Crippen molar-refractivity contribution in [3.63, 3.8) is 0 Å². The number of thioether (sulfide) groups is 1. The van der Waals surface area contributed by atoms with Crippen molar-refractivity contribution >= 4 is 23.1 Å². The van der Waals surface area contributed by atoms with Crippen LogP contribution in [0.25, 0.3) is 0 Å². The molecule has 0 bridgehead atoms. The monoisotopic (exact) mass is 293 g/mol. The first-order valence-electron chi connectivity index (χ1n) is 6.27. The minimum atomic E-state index is 0.342. The summed E-state index contributed by atoms with van der Waals surface area (Å²) in [6.07, 6.45) is 0. The summed E-state index contributed by atoms with van der Waals surface area (Å²) in [7, 11) is 2.01.